The van der Waals surface area contributed by atoms with Crippen LogP contribution in [0.25, 0.3) is 0 Å². The van der Waals surface area contributed by atoms with Gasteiger partial charge in [-0.25, -0.2) is 0 Å². The number of alkyl halides is 3. The Morgan fingerprint density at radius 3 is 2.56 bits per heavy atom. The van der Waals surface area contributed by atoms with Gasteiger partial charge in [0.25, 0.3) is 0 Å². The number of carbonyl (C=O) groups excluding carboxylic acids is 1. The number of hydrogen-bond acceptors (Lipinski definition) is 4. The lowest BCUT2D eigenvalue weighted by Gasteiger charge is -2.09. The van der Waals surface area contributed by atoms with Crippen molar-refractivity contribution in [3.63, 3.8) is 0 Å². The van der Waals surface area contributed by atoms with Crippen molar-refractivity contribution >= 4 is 6.29 Å². The highest BCUT2D eigenvalue weighted by Gasteiger charge is 2.32. The maximum absolute atomic E-state index is 11.9. The molecular formula is C8H7F3N2O3. The zero-order chi connectivity index (χ0) is 12.3. The van der Waals surface area contributed by atoms with Crippen molar-refractivity contribution in [2.45, 2.75) is 12.9 Å². The Balaban J connectivity index is 3.25. The molecule has 1 aromatic heterocycles. The average molecular weight is 236 g/mol. The summed E-state index contributed by atoms with van der Waals surface area (Å²) in [6.45, 7) is -0.363. The second-order valence-electron chi connectivity index (χ2n) is 2.74. The predicted molar refractivity (Wildman–Crippen MR) is 47.0 cm³/mol. The number of halogens is 3. The minimum absolute atomic E-state index is 0.165. The van der Waals surface area contributed by atoms with Crippen molar-refractivity contribution in [2.24, 2.45) is 5.73 Å². The highest BCUT2D eigenvalue weighted by molar-refractivity contribution is 5.74. The highest BCUT2D eigenvalue weighted by atomic mass is 19.4. The van der Waals surface area contributed by atoms with Crippen LogP contribution in [0.4, 0.5) is 13.2 Å². The van der Waals surface area contributed by atoms with Crippen LogP contribution < -0.4 is 15.9 Å². The summed E-state index contributed by atoms with van der Waals surface area (Å²) < 4.78 is 39.1. The van der Waals surface area contributed by atoms with Crippen molar-refractivity contribution in [1.29, 1.82) is 0 Å². The Bertz CT molecular complexity index is 453. The lowest BCUT2D eigenvalue weighted by atomic mass is 10.2. The lowest BCUT2D eigenvalue weighted by Crippen LogP contribution is -2.25. The van der Waals surface area contributed by atoms with Crippen molar-refractivity contribution in [3.05, 3.63) is 27.7 Å². The van der Waals surface area contributed by atoms with Gasteiger partial charge in [0.2, 0.25) is 5.43 Å². The van der Waals surface area contributed by atoms with Gasteiger partial charge in [0.1, 0.15) is 0 Å². The maximum Gasteiger partial charge on any atom is 0.573 e. The smallest absolute Gasteiger partial charge is 0.400 e. The van der Waals surface area contributed by atoms with Crippen LogP contribution in [-0.4, -0.2) is 17.6 Å². The van der Waals surface area contributed by atoms with Gasteiger partial charge in [0, 0.05) is 18.3 Å². The van der Waals surface area contributed by atoms with Crippen molar-refractivity contribution in [2.75, 3.05) is 0 Å². The van der Waals surface area contributed by atoms with Crippen molar-refractivity contribution < 1.29 is 22.7 Å². The number of aldehydes is 1. The van der Waals surface area contributed by atoms with Gasteiger partial charge in [-0.05, 0) is 0 Å². The fourth-order valence-electron chi connectivity index (χ4n) is 1.08. The SMILES string of the molecule is NCc1c(C=O)[nH]cc(OC(F)(F)F)c1=O. The van der Waals surface area contributed by atoms with Gasteiger partial charge < -0.3 is 15.5 Å². The Labute approximate surface area is 87.0 Å². The molecule has 1 heterocycles. The third kappa shape index (κ3) is 2.60. The molecule has 0 aromatic carbocycles. The molecule has 0 saturated carbocycles. The second-order valence-corrected chi connectivity index (χ2v) is 2.74. The molecular weight excluding hydrogens is 229 g/mol. The molecule has 0 unspecified atom stereocenters. The third-order valence-electron chi connectivity index (χ3n) is 1.73. The molecule has 0 atom stereocenters. The van der Waals surface area contributed by atoms with Gasteiger partial charge in [-0.15, -0.1) is 13.2 Å². The molecule has 5 nitrogen and oxygen atoms in total. The molecule has 16 heavy (non-hydrogen) atoms. The number of nitrogens with two attached hydrogens (primary N) is 1. The van der Waals surface area contributed by atoms with Crippen LogP contribution in [-0.2, 0) is 6.54 Å². The molecule has 0 aliphatic heterocycles. The van der Waals surface area contributed by atoms with E-state index in [-0.39, 0.29) is 17.8 Å². The number of aromatic amines is 1. The summed E-state index contributed by atoms with van der Waals surface area (Å²) in [5.41, 5.74) is 3.67. The summed E-state index contributed by atoms with van der Waals surface area (Å²) in [4.78, 5) is 24.0. The minimum atomic E-state index is -4.97. The summed E-state index contributed by atoms with van der Waals surface area (Å²) >= 11 is 0. The largest absolute Gasteiger partial charge is 0.573 e. The van der Waals surface area contributed by atoms with Gasteiger partial charge in [-0.2, -0.15) is 0 Å². The fourth-order valence-corrected chi connectivity index (χ4v) is 1.08. The van der Waals surface area contributed by atoms with Crippen molar-refractivity contribution in [3.8, 4) is 5.75 Å². The summed E-state index contributed by atoms with van der Waals surface area (Å²) in [7, 11) is 0. The van der Waals surface area contributed by atoms with Crippen LogP contribution in [0, 0.1) is 0 Å². The van der Waals surface area contributed by atoms with Crippen LogP contribution in [0.5, 0.6) is 5.75 Å². The standard InChI is InChI=1S/C8H7F3N2O3/c9-8(10,11)16-6-2-13-5(3-14)4(1-12)7(6)15/h2-3H,1,12H2,(H,13,15). The Hall–Kier alpha value is -1.83. The first-order chi connectivity index (χ1) is 7.39. The molecule has 0 bridgehead atoms. The highest BCUT2D eigenvalue weighted by Crippen LogP contribution is 2.19. The van der Waals surface area contributed by atoms with E-state index < -0.39 is 17.5 Å². The number of H-pyrrole nitrogens is 1. The van der Waals surface area contributed by atoms with Crippen molar-refractivity contribution in [1.82, 2.24) is 4.98 Å². The fraction of sp³-hybridized carbons (Fsp3) is 0.250. The molecule has 88 valence electrons. The van der Waals surface area contributed by atoms with Gasteiger partial charge in [-0.3, -0.25) is 9.59 Å². The maximum atomic E-state index is 11.9. The minimum Gasteiger partial charge on any atom is -0.400 e. The first kappa shape index (κ1) is 12.2. The molecule has 0 fully saturated rings. The number of nitrogens with one attached hydrogen (secondary N) is 1. The summed E-state index contributed by atoms with van der Waals surface area (Å²) in [5.74, 6) is -0.946. The summed E-state index contributed by atoms with van der Waals surface area (Å²) in [6, 6.07) is 0. The molecule has 1 aromatic rings. The van der Waals surface area contributed by atoms with E-state index in [0.717, 1.165) is 0 Å². The van der Waals surface area contributed by atoms with Gasteiger partial charge in [-0.1, -0.05) is 0 Å². The van der Waals surface area contributed by atoms with E-state index in [1.807, 2.05) is 0 Å². The van der Waals surface area contributed by atoms with E-state index in [1.165, 1.54) is 0 Å². The van der Waals surface area contributed by atoms with Crippen LogP contribution in [0.1, 0.15) is 16.1 Å². The zero-order valence-electron chi connectivity index (χ0n) is 7.80. The monoisotopic (exact) mass is 236 g/mol. The van der Waals surface area contributed by atoms with Gasteiger partial charge in [0.05, 0.1) is 5.69 Å². The van der Waals surface area contributed by atoms with E-state index >= 15 is 0 Å². The number of pyridine rings is 1. The number of ether oxygens (including phenoxy) is 1. The van der Waals surface area contributed by atoms with E-state index in [0.29, 0.717) is 12.5 Å². The van der Waals surface area contributed by atoms with Gasteiger partial charge in [0.15, 0.2) is 12.0 Å². The molecule has 0 spiro atoms. The van der Waals surface area contributed by atoms with Crippen LogP contribution >= 0.6 is 0 Å². The molecule has 0 saturated heterocycles. The van der Waals surface area contributed by atoms with Crippen LogP contribution in [0.3, 0.4) is 0 Å². The number of carbonyl (C=O) groups is 1. The Morgan fingerprint density at radius 1 is 1.50 bits per heavy atom. The zero-order valence-corrected chi connectivity index (χ0v) is 7.80. The van der Waals surface area contributed by atoms with E-state index in [1.54, 1.807) is 0 Å². The Morgan fingerprint density at radius 2 is 2.12 bits per heavy atom. The molecule has 3 N–H and O–H groups in total. The van der Waals surface area contributed by atoms with E-state index in [2.05, 4.69) is 9.72 Å². The molecule has 1 rings (SSSR count). The number of aromatic nitrogens is 1. The normalized spacial score (nSPS) is 11.2. The van der Waals surface area contributed by atoms with Gasteiger partial charge >= 0.3 is 6.36 Å². The first-order valence-corrected chi connectivity index (χ1v) is 4.04. The van der Waals surface area contributed by atoms with E-state index in [9.17, 15) is 22.8 Å². The first-order valence-electron chi connectivity index (χ1n) is 4.04. The van der Waals surface area contributed by atoms with Crippen LogP contribution in [0.2, 0.25) is 0 Å². The van der Waals surface area contributed by atoms with Crippen LogP contribution in [0.15, 0.2) is 11.0 Å². The summed E-state index contributed by atoms with van der Waals surface area (Å²) in [6.07, 6.45) is -4.01. The van der Waals surface area contributed by atoms with E-state index in [4.69, 9.17) is 5.73 Å². The molecule has 0 aliphatic rings. The molecule has 0 radical (unpaired) electrons. The predicted octanol–water partition coefficient (Wildman–Crippen LogP) is 0.545. The lowest BCUT2D eigenvalue weighted by molar-refractivity contribution is -0.275. The average Bonchev–Trinajstić information content (AvgIpc) is 2.19. The summed E-state index contributed by atoms with van der Waals surface area (Å²) in [5, 5.41) is 0. The molecule has 0 amide bonds. The third-order valence-corrected chi connectivity index (χ3v) is 1.73. The number of hydrogen-bond donors (Lipinski definition) is 2. The molecule has 0 aliphatic carbocycles. The number of rotatable bonds is 3. The molecule has 8 heteroatoms. The Kier molecular flexibility index (Phi) is 3.33. The second kappa shape index (κ2) is 4.35. The quantitative estimate of drug-likeness (QED) is 0.750. The topological polar surface area (TPSA) is 85.2 Å².